The van der Waals surface area contributed by atoms with Gasteiger partial charge in [0.15, 0.2) is 0 Å². The first-order chi connectivity index (χ1) is 14.5. The second-order valence-corrected chi connectivity index (χ2v) is 10.1. The Balaban J connectivity index is 2.28. The molecule has 0 aliphatic heterocycles. The van der Waals surface area contributed by atoms with Crippen LogP contribution >= 0.6 is 0 Å². The molecule has 31 heavy (non-hydrogen) atoms. The van der Waals surface area contributed by atoms with Gasteiger partial charge < -0.3 is 10.1 Å². The first kappa shape index (κ1) is 24.7. The summed E-state index contributed by atoms with van der Waals surface area (Å²) in [6.45, 7) is 7.72. The number of para-hydroxylation sites is 1. The summed E-state index contributed by atoms with van der Waals surface area (Å²) >= 11 is 0. The van der Waals surface area contributed by atoms with Crippen LogP contribution in [0.1, 0.15) is 49.4 Å². The number of rotatable bonds is 9. The van der Waals surface area contributed by atoms with Gasteiger partial charge in [0.1, 0.15) is 12.3 Å². The molecule has 0 aromatic heterocycles. The van der Waals surface area contributed by atoms with Gasteiger partial charge in [0.25, 0.3) is 0 Å². The first-order valence-electron chi connectivity index (χ1n) is 10.2. The highest BCUT2D eigenvalue weighted by atomic mass is 32.2. The largest absolute Gasteiger partial charge is 0.496 e. The van der Waals surface area contributed by atoms with Crippen molar-refractivity contribution < 1.29 is 17.9 Å². The summed E-state index contributed by atoms with van der Waals surface area (Å²) in [6.07, 6.45) is 0. The molecule has 0 aliphatic carbocycles. The predicted molar refractivity (Wildman–Crippen MR) is 125 cm³/mol. The molecule has 0 spiro atoms. The summed E-state index contributed by atoms with van der Waals surface area (Å²) < 4.78 is 33.4. The van der Waals surface area contributed by atoms with Gasteiger partial charge in [-0.05, 0) is 60.7 Å². The number of methoxy groups -OCH3 is 1. The number of carbonyl (C=O) groups excluding carboxylic acids is 1. The van der Waals surface area contributed by atoms with Gasteiger partial charge >= 0.3 is 10.2 Å². The van der Waals surface area contributed by atoms with E-state index in [2.05, 4.69) is 25.2 Å². The van der Waals surface area contributed by atoms with E-state index in [-0.39, 0.29) is 24.4 Å². The molecule has 0 saturated heterocycles. The van der Waals surface area contributed by atoms with Crippen LogP contribution in [-0.4, -0.2) is 46.4 Å². The second-order valence-electron chi connectivity index (χ2n) is 8.03. The van der Waals surface area contributed by atoms with E-state index in [0.717, 1.165) is 31.1 Å². The molecule has 1 atom stereocenters. The normalized spacial score (nSPS) is 12.7. The van der Waals surface area contributed by atoms with Crippen LogP contribution in [0.2, 0.25) is 0 Å². The van der Waals surface area contributed by atoms with Gasteiger partial charge in [-0.15, -0.1) is 0 Å². The van der Waals surface area contributed by atoms with E-state index >= 15 is 0 Å². The van der Waals surface area contributed by atoms with Crippen molar-refractivity contribution >= 4 is 21.8 Å². The van der Waals surface area contributed by atoms with Gasteiger partial charge in [0, 0.05) is 14.1 Å². The number of anilines is 1. The fourth-order valence-electron chi connectivity index (χ4n) is 3.40. The molecular formula is C23H33N3O4S. The molecule has 0 saturated carbocycles. The van der Waals surface area contributed by atoms with E-state index in [9.17, 15) is 13.2 Å². The molecule has 1 amide bonds. The lowest BCUT2D eigenvalue weighted by molar-refractivity contribution is -0.120. The maximum absolute atomic E-state index is 12.9. The van der Waals surface area contributed by atoms with Gasteiger partial charge in [-0.25, -0.2) is 4.31 Å². The van der Waals surface area contributed by atoms with Crippen LogP contribution in [0.3, 0.4) is 0 Å². The number of hydrogen-bond acceptors (Lipinski definition) is 4. The highest BCUT2D eigenvalue weighted by molar-refractivity contribution is 7.90. The molecule has 0 fully saturated rings. The molecule has 0 heterocycles. The SMILES string of the molecule is COc1cc(C)c([C@H](C)NC(=O)CN(c2ccccc2)S(=O)(=O)N(C)C)cc1C(C)C. The summed E-state index contributed by atoms with van der Waals surface area (Å²) in [4.78, 5) is 12.9. The molecule has 0 radical (unpaired) electrons. The molecule has 0 aliphatic rings. The number of amides is 1. The van der Waals surface area contributed by atoms with Crippen LogP contribution in [0.5, 0.6) is 5.75 Å². The smallest absolute Gasteiger partial charge is 0.304 e. The van der Waals surface area contributed by atoms with E-state index in [1.165, 1.54) is 14.1 Å². The maximum Gasteiger partial charge on any atom is 0.304 e. The van der Waals surface area contributed by atoms with Crippen molar-refractivity contribution in [1.29, 1.82) is 0 Å². The summed E-state index contributed by atoms with van der Waals surface area (Å²) in [5.74, 6) is 0.696. The Labute approximate surface area is 186 Å². The molecule has 1 N–H and O–H groups in total. The summed E-state index contributed by atoms with van der Waals surface area (Å²) in [5, 5.41) is 2.95. The zero-order valence-corrected chi connectivity index (χ0v) is 20.2. The van der Waals surface area contributed by atoms with Crippen LogP contribution in [0, 0.1) is 6.92 Å². The minimum atomic E-state index is -3.83. The third kappa shape index (κ3) is 5.77. The number of nitrogens with one attached hydrogen (secondary N) is 1. The topological polar surface area (TPSA) is 79.0 Å². The second kappa shape index (κ2) is 10.2. The van der Waals surface area contributed by atoms with Crippen molar-refractivity contribution in [2.45, 2.75) is 39.7 Å². The lowest BCUT2D eigenvalue weighted by Gasteiger charge is -2.28. The van der Waals surface area contributed by atoms with Gasteiger partial charge in [0.05, 0.1) is 18.8 Å². The molecule has 7 nitrogen and oxygen atoms in total. The highest BCUT2D eigenvalue weighted by Gasteiger charge is 2.28. The van der Waals surface area contributed by atoms with E-state index in [4.69, 9.17) is 4.74 Å². The molecule has 2 aromatic carbocycles. The van der Waals surface area contributed by atoms with Gasteiger partial charge in [-0.1, -0.05) is 32.0 Å². The summed E-state index contributed by atoms with van der Waals surface area (Å²) in [5.41, 5.74) is 3.46. The van der Waals surface area contributed by atoms with Crippen molar-refractivity contribution in [2.75, 3.05) is 32.1 Å². The van der Waals surface area contributed by atoms with Crippen molar-refractivity contribution in [1.82, 2.24) is 9.62 Å². The van der Waals surface area contributed by atoms with E-state index in [0.29, 0.717) is 5.69 Å². The molecule has 0 unspecified atom stereocenters. The number of ether oxygens (including phenoxy) is 1. The van der Waals surface area contributed by atoms with E-state index < -0.39 is 10.2 Å². The van der Waals surface area contributed by atoms with Crippen molar-refractivity contribution in [3.8, 4) is 5.75 Å². The minimum Gasteiger partial charge on any atom is -0.496 e. The standard InChI is InChI=1S/C23H33N3O4S/c1-16(2)20-14-21(17(3)13-22(20)30-7)18(4)24-23(27)15-26(31(28,29)25(5)6)19-11-9-8-10-12-19/h8-14,16,18H,15H2,1-7H3,(H,24,27)/t18-/m0/s1. The van der Waals surface area contributed by atoms with Crippen molar-refractivity contribution in [3.05, 3.63) is 59.2 Å². The Hall–Kier alpha value is -2.58. The number of benzene rings is 2. The zero-order chi connectivity index (χ0) is 23.3. The van der Waals surface area contributed by atoms with Crippen LogP contribution in [-0.2, 0) is 15.0 Å². The Morgan fingerprint density at radius 3 is 2.19 bits per heavy atom. The summed E-state index contributed by atoms with van der Waals surface area (Å²) in [7, 11) is 0.703. The van der Waals surface area contributed by atoms with Crippen LogP contribution in [0.4, 0.5) is 5.69 Å². The van der Waals surface area contributed by atoms with Crippen LogP contribution in [0.15, 0.2) is 42.5 Å². The van der Waals surface area contributed by atoms with Crippen LogP contribution < -0.4 is 14.4 Å². The Bertz CT molecular complexity index is 1000. The van der Waals surface area contributed by atoms with Crippen molar-refractivity contribution in [2.24, 2.45) is 0 Å². The number of hydrogen-bond donors (Lipinski definition) is 1. The summed E-state index contributed by atoms with van der Waals surface area (Å²) in [6, 6.07) is 12.3. The average molecular weight is 448 g/mol. The first-order valence-corrected chi connectivity index (χ1v) is 11.6. The van der Waals surface area contributed by atoms with Crippen molar-refractivity contribution in [3.63, 3.8) is 0 Å². The lowest BCUT2D eigenvalue weighted by Crippen LogP contribution is -2.46. The highest BCUT2D eigenvalue weighted by Crippen LogP contribution is 2.32. The van der Waals surface area contributed by atoms with E-state index in [1.807, 2.05) is 19.9 Å². The molecule has 8 heteroatoms. The van der Waals surface area contributed by atoms with E-state index in [1.54, 1.807) is 37.4 Å². The maximum atomic E-state index is 12.9. The van der Waals surface area contributed by atoms with Gasteiger partial charge in [-0.3, -0.25) is 4.79 Å². The molecule has 0 bridgehead atoms. The molecule has 2 rings (SSSR count). The van der Waals surface area contributed by atoms with Gasteiger partial charge in [-0.2, -0.15) is 12.7 Å². The quantitative estimate of drug-likeness (QED) is 0.637. The monoisotopic (exact) mass is 447 g/mol. The third-order valence-electron chi connectivity index (χ3n) is 5.16. The number of aryl methyl sites for hydroxylation is 1. The third-order valence-corrected chi connectivity index (χ3v) is 6.98. The Kier molecular flexibility index (Phi) is 8.08. The van der Waals surface area contributed by atoms with Gasteiger partial charge in [0.2, 0.25) is 5.91 Å². The molecular weight excluding hydrogens is 414 g/mol. The average Bonchev–Trinajstić information content (AvgIpc) is 2.71. The number of nitrogens with zero attached hydrogens (tertiary/aromatic N) is 2. The fraction of sp³-hybridized carbons (Fsp3) is 0.435. The predicted octanol–water partition coefficient (Wildman–Crippen LogP) is 3.62. The fourth-order valence-corrected chi connectivity index (χ4v) is 4.47. The Morgan fingerprint density at radius 2 is 1.68 bits per heavy atom. The lowest BCUT2D eigenvalue weighted by atomic mass is 9.93. The molecule has 170 valence electrons. The molecule has 2 aromatic rings. The minimum absolute atomic E-state index is 0.260. The zero-order valence-electron chi connectivity index (χ0n) is 19.3. The Morgan fingerprint density at radius 1 is 1.06 bits per heavy atom. The van der Waals surface area contributed by atoms with Crippen LogP contribution in [0.25, 0.3) is 0 Å². The number of carbonyl (C=O) groups is 1.